The molecule has 3 aromatic rings. The Morgan fingerprint density at radius 2 is 1.35 bits per heavy atom. The fraction of sp³-hybridized carbons (Fsp3) is 0.280. The van der Waals surface area contributed by atoms with Gasteiger partial charge < -0.3 is 5.11 Å². The Kier molecular flexibility index (Phi) is 5.46. The highest BCUT2D eigenvalue weighted by molar-refractivity contribution is 5.63. The summed E-state index contributed by atoms with van der Waals surface area (Å²) in [4.78, 5) is 0. The zero-order valence-corrected chi connectivity index (χ0v) is 16.2. The molecular weight excluding hydrogens is 316 g/mol. The third-order valence-corrected chi connectivity index (χ3v) is 4.98. The van der Waals surface area contributed by atoms with Crippen molar-refractivity contribution in [3.63, 3.8) is 0 Å². The van der Waals surface area contributed by atoms with Gasteiger partial charge in [0.25, 0.3) is 0 Å². The second-order valence-electron chi connectivity index (χ2n) is 7.67. The van der Waals surface area contributed by atoms with Gasteiger partial charge in [0, 0.05) is 6.42 Å². The molecule has 0 saturated heterocycles. The maximum absolute atomic E-state index is 10.8. The van der Waals surface area contributed by atoms with Crippen LogP contribution >= 0.6 is 0 Å². The largest absolute Gasteiger partial charge is 0.507 e. The van der Waals surface area contributed by atoms with Gasteiger partial charge in [-0.05, 0) is 45.2 Å². The van der Waals surface area contributed by atoms with Crippen LogP contribution < -0.4 is 0 Å². The van der Waals surface area contributed by atoms with Crippen LogP contribution in [0.15, 0.2) is 66.7 Å². The van der Waals surface area contributed by atoms with E-state index in [0.717, 1.165) is 17.5 Å². The molecule has 3 aromatic carbocycles. The molecule has 1 N–H and O–H groups in total. The summed E-state index contributed by atoms with van der Waals surface area (Å²) in [5.41, 5.74) is 7.03. The molecule has 0 fully saturated rings. The zero-order valence-electron chi connectivity index (χ0n) is 16.2. The van der Waals surface area contributed by atoms with E-state index in [1.807, 2.05) is 6.07 Å². The van der Waals surface area contributed by atoms with Crippen molar-refractivity contribution < 1.29 is 5.11 Å². The summed E-state index contributed by atoms with van der Waals surface area (Å²) in [7, 11) is 0. The molecule has 0 aromatic heterocycles. The fourth-order valence-electron chi connectivity index (χ4n) is 3.32. The number of hydrogen-bond acceptors (Lipinski definition) is 1. The van der Waals surface area contributed by atoms with Crippen LogP contribution in [0.25, 0.3) is 11.1 Å². The van der Waals surface area contributed by atoms with Crippen molar-refractivity contribution in [3.05, 3.63) is 89.0 Å². The number of benzene rings is 3. The molecule has 0 saturated carbocycles. The molecule has 0 aliphatic carbocycles. The summed E-state index contributed by atoms with van der Waals surface area (Å²) < 4.78 is 0. The van der Waals surface area contributed by atoms with Crippen LogP contribution in [0.2, 0.25) is 0 Å². The maximum atomic E-state index is 10.8. The third kappa shape index (κ3) is 3.99. The summed E-state index contributed by atoms with van der Waals surface area (Å²) in [6.45, 7) is 8.68. The first-order valence-corrected chi connectivity index (χ1v) is 9.45. The molecule has 26 heavy (non-hydrogen) atoms. The van der Waals surface area contributed by atoms with Gasteiger partial charge >= 0.3 is 0 Å². The van der Waals surface area contributed by atoms with Gasteiger partial charge in [0.15, 0.2) is 0 Å². The number of aromatic hydroxyl groups is 1. The molecule has 1 heteroatoms. The Hall–Kier alpha value is -2.54. The van der Waals surface area contributed by atoms with Crippen molar-refractivity contribution in [3.8, 4) is 16.9 Å². The van der Waals surface area contributed by atoms with Gasteiger partial charge in [-0.15, -0.1) is 0 Å². The van der Waals surface area contributed by atoms with E-state index in [-0.39, 0.29) is 0 Å². The SMILES string of the molecule is CC(C)c1cc(Cc2ccc(-c3ccccc3)cc2)c(O)c(C(C)C)c1. The molecule has 0 unspecified atom stereocenters. The van der Waals surface area contributed by atoms with Crippen LogP contribution in [0, 0.1) is 0 Å². The van der Waals surface area contributed by atoms with Crippen molar-refractivity contribution in [1.82, 2.24) is 0 Å². The molecule has 0 aliphatic rings. The lowest BCUT2D eigenvalue weighted by Crippen LogP contribution is -1.99. The molecule has 134 valence electrons. The van der Waals surface area contributed by atoms with Crippen molar-refractivity contribution in [2.24, 2.45) is 0 Å². The molecule has 1 nitrogen and oxygen atoms in total. The van der Waals surface area contributed by atoms with E-state index in [2.05, 4.69) is 88.4 Å². The van der Waals surface area contributed by atoms with Crippen molar-refractivity contribution in [2.45, 2.75) is 46.0 Å². The molecular formula is C25H28O. The van der Waals surface area contributed by atoms with E-state index in [9.17, 15) is 5.11 Å². The minimum atomic E-state index is 0.313. The Balaban J connectivity index is 1.91. The summed E-state index contributed by atoms with van der Waals surface area (Å²) >= 11 is 0. The first kappa shape index (κ1) is 18.3. The number of phenols is 1. The van der Waals surface area contributed by atoms with Crippen LogP contribution in [0.5, 0.6) is 5.75 Å². The van der Waals surface area contributed by atoms with Gasteiger partial charge in [-0.25, -0.2) is 0 Å². The first-order chi connectivity index (χ1) is 12.5. The minimum absolute atomic E-state index is 0.313. The first-order valence-electron chi connectivity index (χ1n) is 9.45. The highest BCUT2D eigenvalue weighted by atomic mass is 16.3. The van der Waals surface area contributed by atoms with E-state index in [0.29, 0.717) is 17.6 Å². The van der Waals surface area contributed by atoms with Gasteiger partial charge in [-0.2, -0.15) is 0 Å². The highest BCUT2D eigenvalue weighted by Crippen LogP contribution is 2.34. The Morgan fingerprint density at radius 3 is 1.92 bits per heavy atom. The van der Waals surface area contributed by atoms with E-state index < -0.39 is 0 Å². The third-order valence-electron chi connectivity index (χ3n) is 4.98. The Morgan fingerprint density at radius 1 is 0.731 bits per heavy atom. The van der Waals surface area contributed by atoms with Crippen LogP contribution in [0.3, 0.4) is 0 Å². The number of rotatable bonds is 5. The van der Waals surface area contributed by atoms with E-state index >= 15 is 0 Å². The standard InChI is InChI=1S/C25H28O/c1-17(2)22-15-23(25(26)24(16-22)18(3)4)14-19-10-12-21(13-11-19)20-8-6-5-7-9-20/h5-13,15-18,26H,14H2,1-4H3. The topological polar surface area (TPSA) is 20.2 Å². The normalized spacial score (nSPS) is 11.3. The highest BCUT2D eigenvalue weighted by Gasteiger charge is 2.14. The number of hydrogen-bond donors (Lipinski definition) is 1. The predicted molar refractivity (Wildman–Crippen MR) is 111 cm³/mol. The Bertz CT molecular complexity index is 859. The monoisotopic (exact) mass is 344 g/mol. The van der Waals surface area contributed by atoms with Crippen LogP contribution in [0.1, 0.15) is 61.8 Å². The molecule has 0 radical (unpaired) electrons. The molecule has 0 aliphatic heterocycles. The van der Waals surface area contributed by atoms with E-state index in [1.54, 1.807) is 0 Å². The van der Waals surface area contributed by atoms with Gasteiger partial charge in [0.05, 0.1) is 0 Å². The van der Waals surface area contributed by atoms with Crippen molar-refractivity contribution >= 4 is 0 Å². The van der Waals surface area contributed by atoms with Crippen molar-refractivity contribution in [2.75, 3.05) is 0 Å². The fourth-order valence-corrected chi connectivity index (χ4v) is 3.32. The predicted octanol–water partition coefficient (Wildman–Crippen LogP) is 6.90. The average Bonchev–Trinajstić information content (AvgIpc) is 2.64. The smallest absolute Gasteiger partial charge is 0.122 e. The summed E-state index contributed by atoms with van der Waals surface area (Å²) in [5.74, 6) is 1.22. The second kappa shape index (κ2) is 7.78. The van der Waals surface area contributed by atoms with E-state index in [4.69, 9.17) is 0 Å². The summed E-state index contributed by atoms with van der Waals surface area (Å²) in [5, 5.41) is 10.8. The molecule has 3 rings (SSSR count). The Labute approximate surface area is 157 Å². The molecule has 0 atom stereocenters. The van der Waals surface area contributed by atoms with Crippen LogP contribution in [0.4, 0.5) is 0 Å². The van der Waals surface area contributed by atoms with Gasteiger partial charge in [-0.1, -0.05) is 94.4 Å². The van der Waals surface area contributed by atoms with E-state index in [1.165, 1.54) is 22.3 Å². The minimum Gasteiger partial charge on any atom is -0.507 e. The molecule has 0 amide bonds. The lowest BCUT2D eigenvalue weighted by molar-refractivity contribution is 0.458. The summed E-state index contributed by atoms with van der Waals surface area (Å²) in [6, 6.07) is 23.4. The molecule has 0 spiro atoms. The van der Waals surface area contributed by atoms with Crippen molar-refractivity contribution in [1.29, 1.82) is 0 Å². The van der Waals surface area contributed by atoms with Crippen LogP contribution in [-0.2, 0) is 6.42 Å². The van der Waals surface area contributed by atoms with Crippen LogP contribution in [-0.4, -0.2) is 5.11 Å². The quantitative estimate of drug-likeness (QED) is 0.534. The van der Waals surface area contributed by atoms with Gasteiger partial charge in [0.1, 0.15) is 5.75 Å². The number of phenolic OH excluding ortho intramolecular Hbond substituents is 1. The summed E-state index contributed by atoms with van der Waals surface area (Å²) in [6.07, 6.45) is 0.751. The maximum Gasteiger partial charge on any atom is 0.122 e. The second-order valence-corrected chi connectivity index (χ2v) is 7.67. The van der Waals surface area contributed by atoms with Gasteiger partial charge in [-0.3, -0.25) is 0 Å². The molecule has 0 bridgehead atoms. The average molecular weight is 344 g/mol. The zero-order chi connectivity index (χ0) is 18.7. The lowest BCUT2D eigenvalue weighted by atomic mass is 9.89. The lowest BCUT2D eigenvalue weighted by Gasteiger charge is -2.17. The van der Waals surface area contributed by atoms with Gasteiger partial charge in [0.2, 0.25) is 0 Å². The molecule has 0 heterocycles.